The van der Waals surface area contributed by atoms with Crippen LogP contribution in [0.2, 0.25) is 0 Å². The lowest BCUT2D eigenvalue weighted by Crippen LogP contribution is -2.10. The van der Waals surface area contributed by atoms with Crippen molar-refractivity contribution in [2.45, 2.75) is 20.0 Å². The molecule has 0 aliphatic heterocycles. The molecule has 1 aromatic rings. The van der Waals surface area contributed by atoms with Crippen molar-refractivity contribution >= 4 is 18.4 Å². The Morgan fingerprint density at radius 2 is 1.81 bits per heavy atom. The van der Waals surface area contributed by atoms with Crippen LogP contribution < -0.4 is 5.30 Å². The third-order valence-electron chi connectivity index (χ3n) is 1.94. The van der Waals surface area contributed by atoms with Crippen LogP contribution in [-0.4, -0.2) is 17.7 Å². The number of hydrogen-bond acceptors (Lipinski definition) is 4. The molecule has 0 radical (unpaired) electrons. The number of hydrogen-bond donors (Lipinski definition) is 0. The minimum Gasteiger partial charge on any atom is -0.323 e. The maximum absolute atomic E-state index is 12.1. The van der Waals surface area contributed by atoms with Gasteiger partial charge in [0.1, 0.15) is 0 Å². The van der Waals surface area contributed by atoms with Crippen LogP contribution in [0.15, 0.2) is 24.3 Å². The number of nitro benzene ring substituents is 1. The molecule has 5 nitrogen and oxygen atoms in total. The Balaban J connectivity index is 2.97. The molecule has 6 heteroatoms. The van der Waals surface area contributed by atoms with E-state index in [4.69, 9.17) is 4.52 Å². The summed E-state index contributed by atoms with van der Waals surface area (Å²) >= 11 is 0. The number of benzene rings is 1. The highest BCUT2D eigenvalue weighted by Crippen LogP contribution is 2.42. The standard InChI is InChI=1S/C10H14NO4P/c1-8(2)15-16(3,14)10-6-4-9(5-7-10)11(12)13/h4-8H,1-3H3/t16-/m0/s1. The van der Waals surface area contributed by atoms with Crippen LogP contribution in [0.5, 0.6) is 0 Å². The van der Waals surface area contributed by atoms with Crippen molar-refractivity contribution in [2.75, 3.05) is 6.66 Å². The van der Waals surface area contributed by atoms with E-state index in [2.05, 4.69) is 0 Å². The summed E-state index contributed by atoms with van der Waals surface area (Å²) in [6.07, 6.45) is -0.147. The van der Waals surface area contributed by atoms with E-state index in [1.165, 1.54) is 30.9 Å². The average Bonchev–Trinajstić information content (AvgIpc) is 2.16. The normalized spacial score (nSPS) is 14.8. The van der Waals surface area contributed by atoms with E-state index < -0.39 is 12.3 Å². The van der Waals surface area contributed by atoms with E-state index in [9.17, 15) is 14.7 Å². The number of non-ortho nitro benzene ring substituents is 1. The van der Waals surface area contributed by atoms with Crippen molar-refractivity contribution in [3.63, 3.8) is 0 Å². The fraction of sp³-hybridized carbons (Fsp3) is 0.400. The van der Waals surface area contributed by atoms with Gasteiger partial charge in [0, 0.05) is 24.1 Å². The smallest absolute Gasteiger partial charge is 0.269 e. The Bertz CT molecular complexity index is 427. The molecule has 1 rings (SSSR count). The van der Waals surface area contributed by atoms with Gasteiger partial charge in [0.25, 0.3) is 5.69 Å². The highest BCUT2D eigenvalue weighted by Gasteiger charge is 2.21. The molecule has 0 unspecified atom stereocenters. The molecule has 88 valence electrons. The van der Waals surface area contributed by atoms with Crippen molar-refractivity contribution in [3.05, 3.63) is 34.4 Å². The molecule has 0 heterocycles. The minimum absolute atomic E-state index is 0.0201. The van der Waals surface area contributed by atoms with E-state index in [1.54, 1.807) is 13.8 Å². The van der Waals surface area contributed by atoms with Crippen molar-refractivity contribution in [2.24, 2.45) is 0 Å². The first-order valence-corrected chi connectivity index (χ1v) is 6.91. The number of nitro groups is 1. The summed E-state index contributed by atoms with van der Waals surface area (Å²) in [5, 5.41) is 10.9. The molecule has 16 heavy (non-hydrogen) atoms. The molecule has 1 aromatic carbocycles. The van der Waals surface area contributed by atoms with E-state index >= 15 is 0 Å². The molecule has 1 atom stereocenters. The lowest BCUT2D eigenvalue weighted by Gasteiger charge is -2.16. The van der Waals surface area contributed by atoms with Crippen LogP contribution in [0.4, 0.5) is 5.69 Å². The summed E-state index contributed by atoms with van der Waals surface area (Å²) < 4.78 is 17.4. The van der Waals surface area contributed by atoms with Crippen molar-refractivity contribution in [3.8, 4) is 0 Å². The molecule has 0 N–H and O–H groups in total. The van der Waals surface area contributed by atoms with Crippen LogP contribution in [0.1, 0.15) is 13.8 Å². The zero-order valence-corrected chi connectivity index (χ0v) is 10.3. The Labute approximate surface area is 94.0 Å². The Morgan fingerprint density at radius 1 is 1.31 bits per heavy atom. The monoisotopic (exact) mass is 243 g/mol. The van der Waals surface area contributed by atoms with Gasteiger partial charge in [-0.2, -0.15) is 0 Å². The largest absolute Gasteiger partial charge is 0.323 e. The van der Waals surface area contributed by atoms with Gasteiger partial charge >= 0.3 is 0 Å². The molecular formula is C10H14NO4P. The van der Waals surface area contributed by atoms with Crippen molar-refractivity contribution < 1.29 is 14.0 Å². The SMILES string of the molecule is CC(C)O[P@](C)(=O)c1ccc([N+](=O)[O-])cc1. The minimum atomic E-state index is -2.87. The van der Waals surface area contributed by atoms with E-state index in [-0.39, 0.29) is 11.8 Å². The van der Waals surface area contributed by atoms with Gasteiger partial charge < -0.3 is 4.52 Å². The fourth-order valence-electron chi connectivity index (χ4n) is 1.31. The van der Waals surface area contributed by atoms with Crippen LogP contribution in [0.25, 0.3) is 0 Å². The maximum Gasteiger partial charge on any atom is 0.269 e. The van der Waals surface area contributed by atoms with Gasteiger partial charge in [0.05, 0.1) is 11.0 Å². The fourth-order valence-corrected chi connectivity index (χ4v) is 2.93. The predicted octanol–water partition coefficient (Wildman–Crippen LogP) is 2.55. The summed E-state index contributed by atoms with van der Waals surface area (Å²) in [5.74, 6) is 0. The Kier molecular flexibility index (Phi) is 3.83. The molecule has 0 fully saturated rings. The summed E-state index contributed by atoms with van der Waals surface area (Å²) in [4.78, 5) is 9.95. The first-order chi connectivity index (χ1) is 7.33. The number of nitrogens with zero attached hydrogens (tertiary/aromatic N) is 1. The van der Waals surface area contributed by atoms with Crippen LogP contribution in [0.3, 0.4) is 0 Å². The topological polar surface area (TPSA) is 69.4 Å². The Morgan fingerprint density at radius 3 is 2.19 bits per heavy atom. The maximum atomic E-state index is 12.1. The first-order valence-electron chi connectivity index (χ1n) is 4.84. The van der Waals surface area contributed by atoms with E-state index in [0.29, 0.717) is 5.30 Å². The number of rotatable bonds is 4. The van der Waals surface area contributed by atoms with Gasteiger partial charge in [-0.1, -0.05) is 0 Å². The second kappa shape index (κ2) is 4.76. The molecule has 0 saturated carbocycles. The van der Waals surface area contributed by atoms with Crippen LogP contribution >= 0.6 is 7.37 Å². The second-order valence-electron chi connectivity index (χ2n) is 3.77. The van der Waals surface area contributed by atoms with Gasteiger partial charge in [-0.25, -0.2) is 0 Å². The van der Waals surface area contributed by atoms with Crippen LogP contribution in [0, 0.1) is 10.1 Å². The first kappa shape index (κ1) is 12.9. The third-order valence-corrected chi connectivity index (χ3v) is 4.00. The molecule has 0 saturated heterocycles. The van der Waals surface area contributed by atoms with E-state index in [0.717, 1.165) is 0 Å². The molecule has 0 spiro atoms. The molecule has 0 aliphatic rings. The van der Waals surface area contributed by atoms with Gasteiger partial charge in [-0.3, -0.25) is 14.7 Å². The summed E-state index contributed by atoms with van der Waals surface area (Å²) in [6, 6.07) is 5.60. The third kappa shape index (κ3) is 3.15. The predicted molar refractivity (Wildman–Crippen MR) is 62.5 cm³/mol. The molecule has 0 aromatic heterocycles. The summed E-state index contributed by atoms with van der Waals surface area (Å²) in [5.41, 5.74) is -0.0201. The second-order valence-corrected chi connectivity index (χ2v) is 6.19. The molecule has 0 bridgehead atoms. The summed E-state index contributed by atoms with van der Waals surface area (Å²) in [7, 11) is -2.87. The Hall–Kier alpha value is -1.19. The van der Waals surface area contributed by atoms with E-state index in [1.807, 2.05) is 0 Å². The zero-order valence-electron chi connectivity index (χ0n) is 9.41. The zero-order chi connectivity index (χ0) is 12.3. The molecule has 0 aliphatic carbocycles. The van der Waals surface area contributed by atoms with Gasteiger partial charge in [-0.05, 0) is 26.0 Å². The lowest BCUT2D eigenvalue weighted by molar-refractivity contribution is -0.384. The highest BCUT2D eigenvalue weighted by molar-refractivity contribution is 7.66. The van der Waals surface area contributed by atoms with Gasteiger partial charge in [0.2, 0.25) is 7.37 Å². The quantitative estimate of drug-likeness (QED) is 0.463. The van der Waals surface area contributed by atoms with Crippen molar-refractivity contribution in [1.82, 2.24) is 0 Å². The summed E-state index contributed by atoms with van der Waals surface area (Å²) in [6.45, 7) is 5.09. The highest BCUT2D eigenvalue weighted by atomic mass is 31.2. The molecule has 0 amide bonds. The van der Waals surface area contributed by atoms with Crippen LogP contribution in [-0.2, 0) is 9.09 Å². The lowest BCUT2D eigenvalue weighted by atomic mass is 10.3. The van der Waals surface area contributed by atoms with Gasteiger partial charge in [-0.15, -0.1) is 0 Å². The van der Waals surface area contributed by atoms with Gasteiger partial charge in [0.15, 0.2) is 0 Å². The van der Waals surface area contributed by atoms with Crippen molar-refractivity contribution in [1.29, 1.82) is 0 Å². The molecular weight excluding hydrogens is 229 g/mol. The average molecular weight is 243 g/mol.